The van der Waals surface area contributed by atoms with Crippen molar-refractivity contribution in [1.82, 2.24) is 0 Å². The minimum Gasteiger partial charge on any atom is -0.207 e. The Bertz CT molecular complexity index is 642. The minimum absolute atomic E-state index is 0.135. The first-order valence-corrected chi connectivity index (χ1v) is 6.96. The van der Waals surface area contributed by atoms with Gasteiger partial charge in [0.25, 0.3) is 0 Å². The van der Waals surface area contributed by atoms with Gasteiger partial charge in [0.05, 0.1) is 0 Å². The van der Waals surface area contributed by atoms with Crippen molar-refractivity contribution >= 4 is 82.3 Å². The third-order valence-corrected chi connectivity index (χ3v) is 5.00. The fraction of sp³-hybridized carbons (Fsp3) is 0. The summed E-state index contributed by atoms with van der Waals surface area (Å²) in [5.74, 6) is -1.09. The zero-order valence-electron chi connectivity index (χ0n) is 8.72. The average molecular weight is 302 g/mol. The van der Waals surface area contributed by atoms with E-state index in [0.717, 1.165) is 5.30 Å². The molecule has 2 rings (SSSR count). The second-order valence-electron chi connectivity index (χ2n) is 3.67. The van der Waals surface area contributed by atoms with Crippen LogP contribution in [0.5, 0.6) is 0 Å². The summed E-state index contributed by atoms with van der Waals surface area (Å²) < 4.78 is 27.9. The van der Waals surface area contributed by atoms with Crippen LogP contribution in [-0.2, 0) is 0 Å². The van der Waals surface area contributed by atoms with Crippen LogP contribution >= 0.6 is 37.0 Å². The predicted octanol–water partition coefficient (Wildman–Crippen LogP) is -0.0866. The van der Waals surface area contributed by atoms with Gasteiger partial charge in [-0.15, -0.1) is 37.0 Å². The van der Waals surface area contributed by atoms with Crippen LogP contribution in [0, 0.1) is 11.6 Å². The highest BCUT2D eigenvalue weighted by Gasteiger charge is 2.17. The van der Waals surface area contributed by atoms with Crippen LogP contribution in [0.1, 0.15) is 0 Å². The Labute approximate surface area is 109 Å². The lowest BCUT2D eigenvalue weighted by Crippen LogP contribution is -2.31. The molecule has 0 saturated heterocycles. The minimum atomic E-state index is -0.591. The summed E-state index contributed by atoms with van der Waals surface area (Å²) in [6.07, 6.45) is 0. The third-order valence-electron chi connectivity index (χ3n) is 2.62. The molecule has 0 nitrogen and oxygen atoms in total. The molecule has 2 radical (unpaired) electrons. The smallest absolute Gasteiger partial charge is 0.137 e. The van der Waals surface area contributed by atoms with Gasteiger partial charge in [0.15, 0.2) is 0 Å². The van der Waals surface area contributed by atoms with E-state index in [1.54, 1.807) is 6.07 Å². The SMILES string of the molecule is [B]c1c(F)c(P)c(P)c2c(P)cc(P)c(F)c12. The molecule has 0 heterocycles. The van der Waals surface area contributed by atoms with Gasteiger partial charge in [-0.1, -0.05) is 5.46 Å². The normalized spacial score (nSPS) is 11.2. The van der Waals surface area contributed by atoms with E-state index in [-0.39, 0.29) is 10.8 Å². The number of hydrogen-bond acceptors (Lipinski definition) is 0. The number of halogens is 2. The van der Waals surface area contributed by atoms with Crippen molar-refractivity contribution < 1.29 is 8.78 Å². The summed E-state index contributed by atoms with van der Waals surface area (Å²) in [5, 5.41) is 2.86. The standard InChI is InChI=1S/C10H9BF2P4/c11-6-5-4(9(16)10(17)8(6)13)2(14)1-3(15)7(5)12/h1H,14-17H2. The van der Waals surface area contributed by atoms with Crippen molar-refractivity contribution in [2.45, 2.75) is 0 Å². The quantitative estimate of drug-likeness (QED) is 0.471. The molecule has 0 aliphatic heterocycles. The Kier molecular flexibility index (Phi) is 3.88. The van der Waals surface area contributed by atoms with Crippen LogP contribution in [0.4, 0.5) is 8.78 Å². The lowest BCUT2D eigenvalue weighted by atomic mass is 9.89. The van der Waals surface area contributed by atoms with E-state index in [9.17, 15) is 8.78 Å². The van der Waals surface area contributed by atoms with Crippen molar-refractivity contribution in [3.8, 4) is 0 Å². The fourth-order valence-electron chi connectivity index (χ4n) is 1.75. The summed E-state index contributed by atoms with van der Waals surface area (Å²) in [7, 11) is 15.2. The van der Waals surface area contributed by atoms with Gasteiger partial charge in [-0.25, -0.2) is 8.78 Å². The Hall–Kier alpha value is 0.345. The highest BCUT2D eigenvalue weighted by atomic mass is 31.0. The van der Waals surface area contributed by atoms with Crippen LogP contribution in [0.2, 0.25) is 0 Å². The number of hydrogen-bond donors (Lipinski definition) is 0. The molecule has 0 bridgehead atoms. The number of fused-ring (bicyclic) bond motifs is 1. The summed E-state index contributed by atoms with van der Waals surface area (Å²) in [4.78, 5) is 0. The largest absolute Gasteiger partial charge is 0.207 e. The molecule has 0 amide bonds. The first-order valence-electron chi connectivity index (χ1n) is 4.65. The zero-order chi connectivity index (χ0) is 12.9. The van der Waals surface area contributed by atoms with Gasteiger partial charge in [0.1, 0.15) is 19.5 Å². The lowest BCUT2D eigenvalue weighted by molar-refractivity contribution is 0.638. The van der Waals surface area contributed by atoms with E-state index < -0.39 is 11.6 Å². The third kappa shape index (κ3) is 2.07. The first kappa shape index (κ1) is 13.8. The highest BCUT2D eigenvalue weighted by Crippen LogP contribution is 2.17. The number of benzene rings is 2. The van der Waals surface area contributed by atoms with E-state index in [2.05, 4.69) is 37.0 Å². The summed E-state index contributed by atoms with van der Waals surface area (Å²) >= 11 is 0. The fourth-order valence-corrected chi connectivity index (χ4v) is 3.65. The topological polar surface area (TPSA) is 0 Å². The molecule has 2 aromatic carbocycles. The highest BCUT2D eigenvalue weighted by molar-refractivity contribution is 7.37. The molecule has 0 fully saturated rings. The molecule has 0 aliphatic rings. The van der Waals surface area contributed by atoms with E-state index in [0.29, 0.717) is 21.3 Å². The molecule has 17 heavy (non-hydrogen) atoms. The maximum atomic E-state index is 14.0. The first-order chi connectivity index (χ1) is 7.86. The maximum Gasteiger partial charge on any atom is 0.137 e. The van der Waals surface area contributed by atoms with Gasteiger partial charge in [0, 0.05) is 16.0 Å². The van der Waals surface area contributed by atoms with E-state index in [1.807, 2.05) is 0 Å². The Balaban J connectivity index is 3.17. The van der Waals surface area contributed by atoms with Crippen molar-refractivity contribution in [1.29, 1.82) is 0 Å². The van der Waals surface area contributed by atoms with Gasteiger partial charge in [0.2, 0.25) is 0 Å². The van der Waals surface area contributed by atoms with Crippen molar-refractivity contribution in [2.75, 3.05) is 0 Å². The van der Waals surface area contributed by atoms with Gasteiger partial charge >= 0.3 is 0 Å². The predicted molar refractivity (Wildman–Crippen MR) is 86.6 cm³/mol. The molecule has 86 valence electrons. The summed E-state index contributed by atoms with van der Waals surface area (Å²) in [6.45, 7) is 0. The van der Waals surface area contributed by atoms with Crippen LogP contribution in [-0.4, -0.2) is 7.85 Å². The molecular weight excluding hydrogens is 293 g/mol. The summed E-state index contributed by atoms with van der Waals surface area (Å²) in [6, 6.07) is 1.67. The Morgan fingerprint density at radius 1 is 0.824 bits per heavy atom. The molecule has 4 unspecified atom stereocenters. The number of rotatable bonds is 0. The van der Waals surface area contributed by atoms with Gasteiger partial charge < -0.3 is 0 Å². The molecule has 0 N–H and O–H groups in total. The monoisotopic (exact) mass is 302 g/mol. The Morgan fingerprint density at radius 3 is 2.00 bits per heavy atom. The van der Waals surface area contributed by atoms with Crippen LogP contribution in [0.3, 0.4) is 0 Å². The van der Waals surface area contributed by atoms with Crippen molar-refractivity contribution in [2.24, 2.45) is 0 Å². The molecule has 0 aliphatic carbocycles. The van der Waals surface area contributed by atoms with Gasteiger partial charge in [-0.05, 0) is 22.1 Å². The second-order valence-corrected chi connectivity index (χ2v) is 6.07. The second kappa shape index (κ2) is 4.79. The summed E-state index contributed by atoms with van der Waals surface area (Å²) in [5.41, 5.74) is -0.151. The Morgan fingerprint density at radius 2 is 1.41 bits per heavy atom. The molecule has 4 atom stereocenters. The molecule has 0 saturated carbocycles. The van der Waals surface area contributed by atoms with E-state index >= 15 is 0 Å². The van der Waals surface area contributed by atoms with Gasteiger partial charge in [-0.2, -0.15) is 0 Å². The van der Waals surface area contributed by atoms with Crippen LogP contribution in [0.15, 0.2) is 6.07 Å². The van der Waals surface area contributed by atoms with Crippen molar-refractivity contribution in [3.63, 3.8) is 0 Å². The van der Waals surface area contributed by atoms with E-state index in [4.69, 9.17) is 7.85 Å². The average Bonchev–Trinajstić information content (AvgIpc) is 2.28. The zero-order valence-corrected chi connectivity index (χ0v) is 13.3. The van der Waals surface area contributed by atoms with Crippen LogP contribution in [0.25, 0.3) is 10.8 Å². The maximum absolute atomic E-state index is 14.0. The van der Waals surface area contributed by atoms with Crippen molar-refractivity contribution in [3.05, 3.63) is 17.7 Å². The van der Waals surface area contributed by atoms with Crippen LogP contribution < -0.4 is 26.7 Å². The van der Waals surface area contributed by atoms with Gasteiger partial charge in [-0.3, -0.25) is 0 Å². The molecule has 7 heteroatoms. The molecule has 2 aromatic rings. The molecular formula is C10H9BF2P4. The molecule has 0 aromatic heterocycles. The van der Waals surface area contributed by atoms with E-state index in [1.165, 1.54) is 0 Å². The molecule has 0 spiro atoms. The lowest BCUT2D eigenvalue weighted by Gasteiger charge is -2.15.